The molecule has 22 heavy (non-hydrogen) atoms. The van der Waals surface area contributed by atoms with Crippen molar-refractivity contribution < 1.29 is 14.3 Å². The molecule has 0 saturated heterocycles. The van der Waals surface area contributed by atoms with Gasteiger partial charge in [-0.3, -0.25) is 4.79 Å². The molecule has 0 N–H and O–H groups in total. The molecule has 1 aromatic rings. The molecule has 0 fully saturated rings. The van der Waals surface area contributed by atoms with Gasteiger partial charge in [-0.1, -0.05) is 25.2 Å². The zero-order valence-corrected chi connectivity index (χ0v) is 13.0. The number of carbonyl (C=O) groups excluding carboxylic acids is 1. The predicted octanol–water partition coefficient (Wildman–Crippen LogP) is 3.04. The maximum absolute atomic E-state index is 13.2. The Hall–Kier alpha value is -2.07. The quantitative estimate of drug-likeness (QED) is 0.805. The van der Waals surface area contributed by atoms with Crippen LogP contribution in [0.5, 0.6) is 5.75 Å². The van der Waals surface area contributed by atoms with Crippen LogP contribution in [0, 0.1) is 5.92 Å². The minimum Gasteiger partial charge on any atom is -0.497 e. The standard InChI is InChI=1S/C18H21NO3/c1-4-10-19-16-9-8-14(21-3)12-15(16)18(17(19)20)13(2)7-5-6-11-22-18/h4-5,7-9,12-13H,1,6,10-11H2,2-3H3/t13-,18+/m0/s1. The number of rotatable bonds is 3. The Balaban J connectivity index is 2.21. The van der Waals surface area contributed by atoms with Crippen molar-refractivity contribution in [1.82, 2.24) is 0 Å². The van der Waals surface area contributed by atoms with Gasteiger partial charge in [0.25, 0.3) is 5.91 Å². The van der Waals surface area contributed by atoms with Crippen LogP contribution in [0.2, 0.25) is 0 Å². The third kappa shape index (κ3) is 1.98. The van der Waals surface area contributed by atoms with E-state index in [0.29, 0.717) is 13.2 Å². The highest BCUT2D eigenvalue weighted by Gasteiger charge is 2.55. The molecule has 0 bridgehead atoms. The maximum atomic E-state index is 13.2. The highest BCUT2D eigenvalue weighted by Crippen LogP contribution is 2.49. The lowest BCUT2D eigenvalue weighted by atomic mass is 9.83. The number of nitrogens with zero attached hydrogens (tertiary/aromatic N) is 1. The molecule has 0 aromatic heterocycles. The van der Waals surface area contributed by atoms with Crippen LogP contribution in [-0.2, 0) is 15.1 Å². The smallest absolute Gasteiger partial charge is 0.264 e. The summed E-state index contributed by atoms with van der Waals surface area (Å²) in [6.45, 7) is 6.80. The van der Waals surface area contributed by atoms with Crippen molar-refractivity contribution in [3.8, 4) is 5.75 Å². The fraction of sp³-hybridized carbons (Fsp3) is 0.389. The van der Waals surface area contributed by atoms with E-state index in [0.717, 1.165) is 23.4 Å². The largest absolute Gasteiger partial charge is 0.497 e. The molecule has 0 saturated carbocycles. The summed E-state index contributed by atoms with van der Waals surface area (Å²) >= 11 is 0. The first-order valence-corrected chi connectivity index (χ1v) is 7.57. The zero-order chi connectivity index (χ0) is 15.7. The van der Waals surface area contributed by atoms with Gasteiger partial charge >= 0.3 is 0 Å². The summed E-state index contributed by atoms with van der Waals surface area (Å²) in [5.74, 6) is 0.674. The van der Waals surface area contributed by atoms with Gasteiger partial charge in [-0.05, 0) is 24.6 Å². The van der Waals surface area contributed by atoms with E-state index in [2.05, 4.69) is 18.7 Å². The van der Waals surface area contributed by atoms with E-state index < -0.39 is 5.60 Å². The Bertz CT molecular complexity index is 637. The summed E-state index contributed by atoms with van der Waals surface area (Å²) in [6.07, 6.45) is 6.72. The molecular weight excluding hydrogens is 278 g/mol. The van der Waals surface area contributed by atoms with Gasteiger partial charge in [-0.15, -0.1) is 6.58 Å². The molecule has 1 spiro atoms. The molecule has 2 heterocycles. The van der Waals surface area contributed by atoms with E-state index in [1.54, 1.807) is 18.1 Å². The molecule has 3 rings (SSSR count). The number of ether oxygens (including phenoxy) is 2. The first-order chi connectivity index (χ1) is 10.6. The summed E-state index contributed by atoms with van der Waals surface area (Å²) in [5, 5.41) is 0. The van der Waals surface area contributed by atoms with Crippen LogP contribution in [0.15, 0.2) is 43.0 Å². The van der Waals surface area contributed by atoms with Gasteiger partial charge in [0.05, 0.1) is 19.4 Å². The van der Waals surface area contributed by atoms with Crippen LogP contribution in [0.3, 0.4) is 0 Å². The minimum absolute atomic E-state index is 0.0188. The van der Waals surface area contributed by atoms with Crippen LogP contribution >= 0.6 is 0 Å². The first-order valence-electron chi connectivity index (χ1n) is 7.57. The van der Waals surface area contributed by atoms with Crippen LogP contribution in [0.1, 0.15) is 18.9 Å². The van der Waals surface area contributed by atoms with Gasteiger partial charge in [-0.25, -0.2) is 0 Å². The Labute approximate surface area is 131 Å². The van der Waals surface area contributed by atoms with Crippen LogP contribution in [0.4, 0.5) is 5.69 Å². The van der Waals surface area contributed by atoms with E-state index in [-0.39, 0.29) is 11.8 Å². The minimum atomic E-state index is -0.958. The fourth-order valence-electron chi connectivity index (χ4n) is 3.35. The molecular formula is C18H21NO3. The molecule has 2 aliphatic rings. The Morgan fingerprint density at radius 2 is 2.36 bits per heavy atom. The molecule has 116 valence electrons. The molecule has 1 amide bonds. The molecule has 4 heteroatoms. The topological polar surface area (TPSA) is 38.8 Å². The van der Waals surface area contributed by atoms with E-state index in [1.807, 2.05) is 25.1 Å². The van der Waals surface area contributed by atoms with Gasteiger partial charge in [0.15, 0.2) is 5.60 Å². The van der Waals surface area contributed by atoms with Crippen LogP contribution < -0.4 is 9.64 Å². The summed E-state index contributed by atoms with van der Waals surface area (Å²) in [6, 6.07) is 5.72. The van der Waals surface area contributed by atoms with Gasteiger partial charge in [0, 0.05) is 18.0 Å². The lowest BCUT2D eigenvalue weighted by Crippen LogP contribution is -2.46. The molecule has 0 radical (unpaired) electrons. The number of amides is 1. The van der Waals surface area contributed by atoms with Gasteiger partial charge in [0.1, 0.15) is 5.75 Å². The molecule has 0 aliphatic carbocycles. The number of hydrogen-bond acceptors (Lipinski definition) is 3. The lowest BCUT2D eigenvalue weighted by molar-refractivity contribution is -0.148. The monoisotopic (exact) mass is 299 g/mol. The van der Waals surface area contributed by atoms with E-state index in [4.69, 9.17) is 9.47 Å². The van der Waals surface area contributed by atoms with Crippen molar-refractivity contribution in [3.63, 3.8) is 0 Å². The highest BCUT2D eigenvalue weighted by molar-refractivity contribution is 6.07. The van der Waals surface area contributed by atoms with Gasteiger partial charge in [0.2, 0.25) is 0 Å². The third-order valence-corrected chi connectivity index (χ3v) is 4.45. The number of benzene rings is 1. The van der Waals surface area contributed by atoms with Crippen LogP contribution in [-0.4, -0.2) is 26.2 Å². The molecule has 2 aliphatic heterocycles. The second-order valence-corrected chi connectivity index (χ2v) is 5.68. The summed E-state index contributed by atoms with van der Waals surface area (Å²) < 4.78 is 11.5. The SMILES string of the molecule is C=CCN1C(=O)[C@]2(OCCC=C[C@@H]2C)c2cc(OC)ccc21. The highest BCUT2D eigenvalue weighted by atomic mass is 16.5. The van der Waals surface area contributed by atoms with Crippen LogP contribution in [0.25, 0.3) is 0 Å². The molecule has 0 unspecified atom stereocenters. The maximum Gasteiger partial charge on any atom is 0.264 e. The van der Waals surface area contributed by atoms with E-state index in [1.165, 1.54) is 0 Å². The summed E-state index contributed by atoms with van der Waals surface area (Å²) in [7, 11) is 1.63. The number of carbonyl (C=O) groups is 1. The molecule has 2 atom stereocenters. The third-order valence-electron chi connectivity index (χ3n) is 4.45. The second kappa shape index (κ2) is 5.61. The predicted molar refractivity (Wildman–Crippen MR) is 86.1 cm³/mol. The normalized spacial score (nSPS) is 26.9. The Kier molecular flexibility index (Phi) is 3.79. The van der Waals surface area contributed by atoms with Crippen molar-refractivity contribution in [1.29, 1.82) is 0 Å². The second-order valence-electron chi connectivity index (χ2n) is 5.68. The fourth-order valence-corrected chi connectivity index (χ4v) is 3.35. The zero-order valence-electron chi connectivity index (χ0n) is 13.0. The average Bonchev–Trinajstić information content (AvgIpc) is 2.66. The number of methoxy groups -OCH3 is 1. The summed E-state index contributed by atoms with van der Waals surface area (Å²) in [4.78, 5) is 14.9. The van der Waals surface area contributed by atoms with Crippen molar-refractivity contribution in [2.75, 3.05) is 25.2 Å². The molecule has 4 nitrogen and oxygen atoms in total. The Morgan fingerprint density at radius 3 is 3.09 bits per heavy atom. The van der Waals surface area contributed by atoms with Gasteiger partial charge in [-0.2, -0.15) is 0 Å². The van der Waals surface area contributed by atoms with E-state index >= 15 is 0 Å². The lowest BCUT2D eigenvalue weighted by Gasteiger charge is -2.32. The van der Waals surface area contributed by atoms with Crippen molar-refractivity contribution in [2.45, 2.75) is 18.9 Å². The number of fused-ring (bicyclic) bond motifs is 2. The summed E-state index contributed by atoms with van der Waals surface area (Å²) in [5.41, 5.74) is 0.811. The Morgan fingerprint density at radius 1 is 1.55 bits per heavy atom. The average molecular weight is 299 g/mol. The first kappa shape index (κ1) is 14.9. The van der Waals surface area contributed by atoms with Crippen molar-refractivity contribution in [2.24, 2.45) is 5.92 Å². The number of anilines is 1. The number of hydrogen-bond donors (Lipinski definition) is 0. The van der Waals surface area contributed by atoms with Crippen molar-refractivity contribution >= 4 is 11.6 Å². The molecule has 1 aromatic carbocycles. The van der Waals surface area contributed by atoms with Crippen molar-refractivity contribution in [3.05, 3.63) is 48.6 Å². The van der Waals surface area contributed by atoms with Gasteiger partial charge < -0.3 is 14.4 Å². The van der Waals surface area contributed by atoms with E-state index in [9.17, 15) is 4.79 Å².